The van der Waals surface area contributed by atoms with Gasteiger partial charge >= 0.3 is 0 Å². The van der Waals surface area contributed by atoms with Crippen molar-refractivity contribution >= 4 is 0 Å². The van der Waals surface area contributed by atoms with Crippen LogP contribution in [0.15, 0.2) is 0 Å². The summed E-state index contributed by atoms with van der Waals surface area (Å²) in [5, 5.41) is 0. The molecular weight excluding hydrogens is 553 g/mol. The van der Waals surface area contributed by atoms with Crippen LogP contribution in [0, 0.1) is 71.0 Å². The van der Waals surface area contributed by atoms with Gasteiger partial charge < -0.3 is 0 Å². The van der Waals surface area contributed by atoms with Crippen LogP contribution in [0.25, 0.3) is 0 Å². The van der Waals surface area contributed by atoms with Crippen molar-refractivity contribution in [2.75, 3.05) is 0 Å². The van der Waals surface area contributed by atoms with Crippen molar-refractivity contribution in [2.24, 2.45) is 71.0 Å². The summed E-state index contributed by atoms with van der Waals surface area (Å²) in [4.78, 5) is 0. The molecule has 0 spiro atoms. The predicted octanol–water partition coefficient (Wildman–Crippen LogP) is 15.7. The standard InChI is InChI=1S/C46H88/c1-35-37(3)43(38(35)4)31-27-23-19-15-11-9-13-17-21-25-29-33-45-41(7)46(42(45)8)34-30-26-22-18-14-10-12-16-20-24-28-32-44-39(5)36(2)40(44)6/h35-46H,9-34H2,1-8H3. The van der Waals surface area contributed by atoms with Crippen molar-refractivity contribution in [3.05, 3.63) is 0 Å². The molecule has 3 saturated carbocycles. The van der Waals surface area contributed by atoms with Gasteiger partial charge in [0.05, 0.1) is 0 Å². The summed E-state index contributed by atoms with van der Waals surface area (Å²) >= 11 is 0. The van der Waals surface area contributed by atoms with Crippen LogP contribution < -0.4 is 0 Å². The zero-order valence-corrected chi connectivity index (χ0v) is 33.3. The molecule has 0 bridgehead atoms. The third kappa shape index (κ3) is 12.7. The van der Waals surface area contributed by atoms with Crippen LogP contribution in [-0.2, 0) is 0 Å². The van der Waals surface area contributed by atoms with Crippen molar-refractivity contribution in [1.82, 2.24) is 0 Å². The van der Waals surface area contributed by atoms with Gasteiger partial charge in [-0.1, -0.05) is 197 Å². The van der Waals surface area contributed by atoms with Crippen LogP contribution in [0.5, 0.6) is 0 Å². The fraction of sp³-hybridized carbons (Fsp3) is 1.00. The fourth-order valence-corrected chi connectivity index (χ4v) is 11.4. The molecule has 272 valence electrons. The van der Waals surface area contributed by atoms with E-state index in [1.54, 1.807) is 0 Å². The first-order chi connectivity index (χ1) is 22.3. The normalized spacial score (nSPS) is 35.5. The molecule has 0 aromatic carbocycles. The smallest absolute Gasteiger partial charge is 0.0357 e. The topological polar surface area (TPSA) is 0 Å². The summed E-state index contributed by atoms with van der Waals surface area (Å²) < 4.78 is 0. The molecule has 3 aliphatic rings. The van der Waals surface area contributed by atoms with Crippen LogP contribution >= 0.6 is 0 Å². The van der Waals surface area contributed by atoms with E-state index >= 15 is 0 Å². The zero-order chi connectivity index (χ0) is 33.3. The highest BCUT2D eigenvalue weighted by Gasteiger charge is 2.43. The monoisotopic (exact) mass is 641 g/mol. The van der Waals surface area contributed by atoms with E-state index < -0.39 is 0 Å². The predicted molar refractivity (Wildman–Crippen MR) is 207 cm³/mol. The molecule has 0 heterocycles. The Bertz CT molecular complexity index is 648. The molecule has 0 saturated heterocycles. The summed E-state index contributed by atoms with van der Waals surface area (Å²) in [5.41, 5.74) is 0. The van der Waals surface area contributed by atoms with Crippen molar-refractivity contribution in [2.45, 2.75) is 222 Å². The quantitative estimate of drug-likeness (QED) is 0.0746. The van der Waals surface area contributed by atoms with Gasteiger partial charge in [0.1, 0.15) is 0 Å². The van der Waals surface area contributed by atoms with Gasteiger partial charge in [0.15, 0.2) is 0 Å². The fourth-order valence-electron chi connectivity index (χ4n) is 11.4. The lowest BCUT2D eigenvalue weighted by Crippen LogP contribution is -2.43. The van der Waals surface area contributed by atoms with E-state index in [4.69, 9.17) is 0 Å². The molecule has 0 aliphatic heterocycles. The summed E-state index contributed by atoms with van der Waals surface area (Å²) in [7, 11) is 0. The van der Waals surface area contributed by atoms with Crippen molar-refractivity contribution in [3.63, 3.8) is 0 Å². The molecule has 3 rings (SSSR count). The van der Waals surface area contributed by atoms with Crippen LogP contribution in [0.3, 0.4) is 0 Å². The van der Waals surface area contributed by atoms with Crippen LogP contribution in [0.1, 0.15) is 222 Å². The van der Waals surface area contributed by atoms with E-state index in [1.807, 2.05) is 0 Å². The molecule has 0 aromatic rings. The van der Waals surface area contributed by atoms with Gasteiger partial charge in [-0.3, -0.25) is 0 Å². The third-order valence-electron chi connectivity index (χ3n) is 15.9. The Morgan fingerprint density at radius 3 is 0.522 bits per heavy atom. The van der Waals surface area contributed by atoms with Gasteiger partial charge in [-0.05, 0) is 96.7 Å². The molecule has 0 aromatic heterocycles. The minimum atomic E-state index is 0.973. The maximum absolute atomic E-state index is 2.60. The first kappa shape index (κ1) is 40.4. The highest BCUT2D eigenvalue weighted by atomic mass is 14.5. The maximum Gasteiger partial charge on any atom is -0.0357 e. The number of rotatable bonds is 28. The molecule has 0 N–H and O–H groups in total. The van der Waals surface area contributed by atoms with Gasteiger partial charge in [0.2, 0.25) is 0 Å². The average Bonchev–Trinajstić information content (AvgIpc) is 3.07. The second kappa shape index (κ2) is 22.7. The number of hydrogen-bond acceptors (Lipinski definition) is 0. The van der Waals surface area contributed by atoms with Crippen molar-refractivity contribution in [3.8, 4) is 0 Å². The molecule has 4 atom stereocenters. The van der Waals surface area contributed by atoms with Crippen LogP contribution in [0.4, 0.5) is 0 Å². The lowest BCUT2D eigenvalue weighted by Gasteiger charge is -2.50. The molecule has 3 aliphatic carbocycles. The zero-order valence-electron chi connectivity index (χ0n) is 33.3. The first-order valence-corrected chi connectivity index (χ1v) is 22.3. The second-order valence-electron chi connectivity index (χ2n) is 18.5. The second-order valence-corrected chi connectivity index (χ2v) is 18.5. The van der Waals surface area contributed by atoms with Crippen molar-refractivity contribution in [1.29, 1.82) is 0 Å². The first-order valence-electron chi connectivity index (χ1n) is 22.3. The molecule has 0 nitrogen and oxygen atoms in total. The Morgan fingerprint density at radius 2 is 0.326 bits per heavy atom. The minimum Gasteiger partial charge on any atom is -0.0620 e. The molecule has 0 heteroatoms. The van der Waals surface area contributed by atoms with E-state index in [2.05, 4.69) is 55.4 Å². The van der Waals surface area contributed by atoms with Crippen LogP contribution in [0.2, 0.25) is 0 Å². The lowest BCUT2D eigenvalue weighted by molar-refractivity contribution is -0.0121. The van der Waals surface area contributed by atoms with Gasteiger partial charge in [-0.15, -0.1) is 0 Å². The average molecular weight is 641 g/mol. The Balaban J connectivity index is 1.00. The Kier molecular flexibility index (Phi) is 19.9. The van der Waals surface area contributed by atoms with E-state index in [0.717, 1.165) is 71.0 Å². The van der Waals surface area contributed by atoms with Gasteiger partial charge in [0.25, 0.3) is 0 Å². The molecule has 0 radical (unpaired) electrons. The Labute approximate surface area is 292 Å². The van der Waals surface area contributed by atoms with Crippen molar-refractivity contribution < 1.29 is 0 Å². The van der Waals surface area contributed by atoms with Crippen LogP contribution in [-0.4, -0.2) is 0 Å². The third-order valence-corrected chi connectivity index (χ3v) is 15.9. The summed E-state index contributed by atoms with van der Waals surface area (Å²) in [6.45, 7) is 20.1. The minimum absolute atomic E-state index is 0.973. The highest BCUT2D eigenvalue weighted by molar-refractivity contribution is 4.92. The molecule has 0 amide bonds. The largest absolute Gasteiger partial charge is 0.0620 e. The molecule has 3 fully saturated rings. The Hall–Kier alpha value is 0. The van der Waals surface area contributed by atoms with E-state index in [0.29, 0.717) is 0 Å². The number of unbranched alkanes of at least 4 members (excludes halogenated alkanes) is 20. The van der Waals surface area contributed by atoms with Gasteiger partial charge in [-0.25, -0.2) is 0 Å². The summed E-state index contributed by atoms with van der Waals surface area (Å²) in [6, 6.07) is 0. The highest BCUT2D eigenvalue weighted by Crippen LogP contribution is 2.51. The Morgan fingerprint density at radius 1 is 0.174 bits per heavy atom. The summed E-state index contributed by atoms with van der Waals surface area (Å²) in [5.74, 6) is 12.1. The van der Waals surface area contributed by atoms with Gasteiger partial charge in [0, 0.05) is 0 Å². The maximum atomic E-state index is 2.60. The van der Waals surface area contributed by atoms with E-state index in [-0.39, 0.29) is 0 Å². The summed E-state index contributed by atoms with van der Waals surface area (Å²) in [6.07, 6.45) is 38.9. The van der Waals surface area contributed by atoms with Gasteiger partial charge in [-0.2, -0.15) is 0 Å². The lowest BCUT2D eigenvalue weighted by atomic mass is 9.55. The SMILES string of the molecule is CC1C(C)C(CCCCCCCCCCCCCC2C(C)C(CCCCCCCCCCCCCC3C(C)C(C)C3C)C2C)C1C. The number of hydrogen-bond donors (Lipinski definition) is 0. The van der Waals surface area contributed by atoms with E-state index in [9.17, 15) is 0 Å². The molecule has 4 unspecified atom stereocenters. The van der Waals surface area contributed by atoms with E-state index in [1.165, 1.54) is 167 Å². The molecular formula is C46H88. The molecule has 46 heavy (non-hydrogen) atoms.